The van der Waals surface area contributed by atoms with Crippen molar-refractivity contribution in [3.05, 3.63) is 29.8 Å². The Morgan fingerprint density at radius 1 is 1.19 bits per heavy atom. The zero-order valence-electron chi connectivity index (χ0n) is 10.6. The van der Waals surface area contributed by atoms with Crippen LogP contribution in [0.3, 0.4) is 0 Å². The van der Waals surface area contributed by atoms with E-state index in [0.29, 0.717) is 5.56 Å². The van der Waals surface area contributed by atoms with Crippen molar-refractivity contribution in [1.29, 1.82) is 0 Å². The lowest BCUT2D eigenvalue weighted by atomic mass is 10.2. The van der Waals surface area contributed by atoms with Crippen molar-refractivity contribution in [3.8, 4) is 0 Å². The van der Waals surface area contributed by atoms with Crippen molar-refractivity contribution < 1.29 is 9.53 Å². The molecule has 0 atom stereocenters. The monoisotopic (exact) mass is 237 g/mol. The van der Waals surface area contributed by atoms with Gasteiger partial charge in [-0.2, -0.15) is 0 Å². The molecule has 3 nitrogen and oxygen atoms in total. The van der Waals surface area contributed by atoms with E-state index in [1.54, 1.807) is 12.1 Å². The molecule has 1 rings (SSSR count). The van der Waals surface area contributed by atoms with Gasteiger partial charge < -0.3 is 9.30 Å². The van der Waals surface area contributed by atoms with E-state index in [4.69, 9.17) is 0 Å². The van der Waals surface area contributed by atoms with Crippen LogP contribution in [0.1, 0.15) is 10.4 Å². The van der Waals surface area contributed by atoms with Crippen molar-refractivity contribution in [1.82, 2.24) is 0 Å². The Kier molecular flexibility index (Phi) is 3.75. The smallest absolute Gasteiger partial charge is 0.337 e. The van der Waals surface area contributed by atoms with E-state index in [2.05, 4.69) is 36.0 Å². The number of carbonyl (C=O) groups excluding carboxylic acids is 1. The van der Waals surface area contributed by atoms with Crippen molar-refractivity contribution in [3.63, 3.8) is 0 Å². The summed E-state index contributed by atoms with van der Waals surface area (Å²) in [5.41, 5.74) is 1.74. The van der Waals surface area contributed by atoms with Crippen LogP contribution in [0.5, 0.6) is 0 Å². The second kappa shape index (κ2) is 4.70. The Hall–Kier alpha value is -1.29. The van der Waals surface area contributed by atoms with Gasteiger partial charge in [0.2, 0.25) is 0 Å². The van der Waals surface area contributed by atoms with Crippen molar-refractivity contribution in [2.75, 3.05) is 18.7 Å². The number of esters is 1. The SMILES string of the molecule is COC(=O)c1ccc(N(C)[Si](C)(C)C)cc1. The lowest BCUT2D eigenvalue weighted by Gasteiger charge is -2.32. The van der Waals surface area contributed by atoms with Gasteiger partial charge in [-0.3, -0.25) is 0 Å². The van der Waals surface area contributed by atoms with Crippen LogP contribution in [0.25, 0.3) is 0 Å². The molecule has 0 saturated heterocycles. The number of benzene rings is 1. The van der Waals surface area contributed by atoms with E-state index in [9.17, 15) is 4.79 Å². The normalized spacial score (nSPS) is 11.1. The summed E-state index contributed by atoms with van der Waals surface area (Å²) in [6, 6.07) is 7.53. The zero-order valence-corrected chi connectivity index (χ0v) is 11.6. The summed E-state index contributed by atoms with van der Waals surface area (Å²) in [4.78, 5) is 11.3. The summed E-state index contributed by atoms with van der Waals surface area (Å²) in [6.45, 7) is 6.84. The average Bonchev–Trinajstić information content (AvgIpc) is 2.26. The van der Waals surface area contributed by atoms with E-state index in [-0.39, 0.29) is 5.97 Å². The quantitative estimate of drug-likeness (QED) is 0.598. The molecule has 1 aromatic rings. The third-order valence-corrected chi connectivity index (χ3v) is 4.95. The van der Waals surface area contributed by atoms with E-state index in [0.717, 1.165) is 5.69 Å². The van der Waals surface area contributed by atoms with Gasteiger partial charge in [-0.05, 0) is 31.3 Å². The molecule has 0 radical (unpaired) electrons. The maximum Gasteiger partial charge on any atom is 0.337 e. The minimum atomic E-state index is -1.34. The van der Waals surface area contributed by atoms with Gasteiger partial charge in [0.25, 0.3) is 0 Å². The lowest BCUT2D eigenvalue weighted by molar-refractivity contribution is 0.0601. The largest absolute Gasteiger partial charge is 0.465 e. The molecule has 16 heavy (non-hydrogen) atoms. The minimum Gasteiger partial charge on any atom is -0.465 e. The number of anilines is 1. The molecule has 4 heteroatoms. The maximum absolute atomic E-state index is 11.3. The fraction of sp³-hybridized carbons (Fsp3) is 0.417. The Labute approximate surface area is 98.1 Å². The van der Waals surface area contributed by atoms with Crippen LogP contribution < -0.4 is 4.57 Å². The molecular formula is C12H19NO2Si. The molecule has 0 aliphatic rings. The molecule has 88 valence electrons. The minimum absolute atomic E-state index is 0.290. The van der Waals surface area contributed by atoms with Crippen LogP contribution in [0, 0.1) is 0 Å². The van der Waals surface area contributed by atoms with E-state index in [1.807, 2.05) is 12.1 Å². The molecule has 0 spiro atoms. The lowest BCUT2D eigenvalue weighted by Crippen LogP contribution is -2.43. The summed E-state index contributed by atoms with van der Waals surface area (Å²) in [6.07, 6.45) is 0. The molecule has 0 saturated carbocycles. The van der Waals surface area contributed by atoms with Crippen LogP contribution in [0.4, 0.5) is 5.69 Å². The number of carbonyl (C=O) groups is 1. The summed E-state index contributed by atoms with van der Waals surface area (Å²) >= 11 is 0. The topological polar surface area (TPSA) is 29.5 Å². The van der Waals surface area contributed by atoms with Crippen LogP contribution in [0.15, 0.2) is 24.3 Å². The van der Waals surface area contributed by atoms with Gasteiger partial charge in [0.1, 0.15) is 8.24 Å². The standard InChI is InChI=1S/C12H19NO2Si/c1-13(16(3,4)5)11-8-6-10(7-9-11)12(14)15-2/h6-9H,1-5H3. The van der Waals surface area contributed by atoms with Crippen molar-refractivity contribution >= 4 is 19.9 Å². The highest BCUT2D eigenvalue weighted by molar-refractivity contribution is 6.79. The van der Waals surface area contributed by atoms with Crippen LogP contribution >= 0.6 is 0 Å². The second-order valence-corrected chi connectivity index (χ2v) is 9.78. The van der Waals surface area contributed by atoms with Gasteiger partial charge in [0.15, 0.2) is 0 Å². The summed E-state index contributed by atoms with van der Waals surface area (Å²) in [5.74, 6) is -0.290. The molecule has 0 aliphatic carbocycles. The van der Waals surface area contributed by atoms with Gasteiger partial charge in [-0.25, -0.2) is 4.79 Å². The Morgan fingerprint density at radius 3 is 2.06 bits per heavy atom. The number of nitrogens with zero attached hydrogens (tertiary/aromatic N) is 1. The highest BCUT2D eigenvalue weighted by Gasteiger charge is 2.20. The number of methoxy groups -OCH3 is 1. The molecule has 0 N–H and O–H groups in total. The van der Waals surface area contributed by atoms with Gasteiger partial charge in [0, 0.05) is 5.69 Å². The van der Waals surface area contributed by atoms with Gasteiger partial charge >= 0.3 is 5.97 Å². The number of rotatable bonds is 3. The van der Waals surface area contributed by atoms with Gasteiger partial charge in [0.05, 0.1) is 12.7 Å². The molecule has 0 aliphatic heterocycles. The average molecular weight is 237 g/mol. The second-order valence-electron chi connectivity index (χ2n) is 4.77. The Balaban J connectivity index is 2.91. The van der Waals surface area contributed by atoms with Crippen LogP contribution in [0.2, 0.25) is 19.6 Å². The number of hydrogen-bond acceptors (Lipinski definition) is 3. The van der Waals surface area contributed by atoms with Crippen molar-refractivity contribution in [2.45, 2.75) is 19.6 Å². The van der Waals surface area contributed by atoms with E-state index < -0.39 is 8.24 Å². The molecule has 0 heterocycles. The van der Waals surface area contributed by atoms with Crippen LogP contribution in [-0.2, 0) is 4.74 Å². The number of hydrogen-bond donors (Lipinski definition) is 0. The fourth-order valence-corrected chi connectivity index (χ4v) is 2.25. The summed E-state index contributed by atoms with van der Waals surface area (Å²) in [7, 11) is 2.15. The molecule has 0 amide bonds. The fourth-order valence-electron chi connectivity index (χ4n) is 1.33. The van der Waals surface area contributed by atoms with Gasteiger partial charge in [-0.1, -0.05) is 19.6 Å². The number of ether oxygens (including phenoxy) is 1. The third kappa shape index (κ3) is 2.85. The van der Waals surface area contributed by atoms with Crippen LogP contribution in [-0.4, -0.2) is 28.4 Å². The maximum atomic E-state index is 11.3. The molecule has 0 bridgehead atoms. The Morgan fingerprint density at radius 2 is 1.69 bits per heavy atom. The highest BCUT2D eigenvalue weighted by atomic mass is 28.3. The van der Waals surface area contributed by atoms with Crippen molar-refractivity contribution in [2.24, 2.45) is 0 Å². The molecule has 1 aromatic carbocycles. The summed E-state index contributed by atoms with van der Waals surface area (Å²) < 4.78 is 6.96. The predicted molar refractivity (Wildman–Crippen MR) is 69.5 cm³/mol. The zero-order chi connectivity index (χ0) is 12.3. The molecule has 0 fully saturated rings. The molecule has 0 aromatic heterocycles. The first kappa shape index (κ1) is 12.8. The highest BCUT2D eigenvalue weighted by Crippen LogP contribution is 2.20. The Bertz CT molecular complexity index is 368. The van der Waals surface area contributed by atoms with E-state index in [1.165, 1.54) is 7.11 Å². The molecule has 0 unspecified atom stereocenters. The first-order valence-corrected chi connectivity index (χ1v) is 8.73. The third-order valence-electron chi connectivity index (χ3n) is 2.68. The first-order chi connectivity index (χ1) is 7.36. The van der Waals surface area contributed by atoms with E-state index >= 15 is 0 Å². The summed E-state index contributed by atoms with van der Waals surface area (Å²) in [5, 5.41) is 0. The predicted octanol–water partition coefficient (Wildman–Crippen LogP) is 2.74. The van der Waals surface area contributed by atoms with Gasteiger partial charge in [-0.15, -0.1) is 0 Å². The molecular weight excluding hydrogens is 218 g/mol. The first-order valence-electron chi connectivity index (χ1n) is 5.28.